The second-order valence-electron chi connectivity index (χ2n) is 7.05. The molecule has 0 saturated carbocycles. The molecule has 1 unspecified atom stereocenters. The number of carbonyl (C=O) groups is 4. The maximum absolute atomic E-state index is 12.7. The van der Waals surface area contributed by atoms with Gasteiger partial charge in [0.05, 0.1) is 9.90 Å². The molecule has 13 heteroatoms. The third-order valence-corrected chi connectivity index (χ3v) is 5.62. The van der Waals surface area contributed by atoms with E-state index in [2.05, 4.69) is 30.9 Å². The molecule has 0 aliphatic rings. The first-order chi connectivity index (χ1) is 16.2. The predicted octanol–water partition coefficient (Wildman–Crippen LogP) is 1.20. The van der Waals surface area contributed by atoms with Gasteiger partial charge in [-0.15, -0.1) is 11.3 Å². The van der Waals surface area contributed by atoms with Gasteiger partial charge in [-0.25, -0.2) is 9.97 Å². The summed E-state index contributed by atoms with van der Waals surface area (Å²) < 4.78 is 0. The SMILES string of the molecule is CN(C)C(=O)C(CNC(=O)C(=O)Nc1ccc(Cl)cn1)NC(=O)c1ncc(-c2ccncc2)s1. The molecule has 3 aromatic heterocycles. The fourth-order valence-corrected chi connectivity index (χ4v) is 3.59. The molecule has 4 amide bonds. The number of halogens is 1. The van der Waals surface area contributed by atoms with Gasteiger partial charge in [0.25, 0.3) is 5.91 Å². The summed E-state index contributed by atoms with van der Waals surface area (Å²) >= 11 is 6.88. The average molecular weight is 502 g/mol. The maximum atomic E-state index is 12.7. The molecule has 3 rings (SSSR count). The zero-order valence-electron chi connectivity index (χ0n) is 18.1. The van der Waals surface area contributed by atoms with E-state index in [9.17, 15) is 19.2 Å². The van der Waals surface area contributed by atoms with Crippen LogP contribution in [-0.2, 0) is 14.4 Å². The van der Waals surface area contributed by atoms with Gasteiger partial charge in [0.15, 0.2) is 5.01 Å². The normalized spacial score (nSPS) is 11.3. The van der Waals surface area contributed by atoms with Gasteiger partial charge in [-0.2, -0.15) is 0 Å². The number of hydrogen-bond acceptors (Lipinski definition) is 8. The molecule has 3 heterocycles. The van der Waals surface area contributed by atoms with Gasteiger partial charge in [-0.3, -0.25) is 24.2 Å². The second kappa shape index (κ2) is 11.3. The van der Waals surface area contributed by atoms with Crippen molar-refractivity contribution in [1.29, 1.82) is 0 Å². The zero-order chi connectivity index (χ0) is 24.7. The first-order valence-electron chi connectivity index (χ1n) is 9.83. The van der Waals surface area contributed by atoms with Crippen molar-refractivity contribution in [3.63, 3.8) is 0 Å². The van der Waals surface area contributed by atoms with E-state index in [0.29, 0.717) is 5.02 Å². The van der Waals surface area contributed by atoms with Gasteiger partial charge in [-0.05, 0) is 29.8 Å². The van der Waals surface area contributed by atoms with E-state index in [1.807, 2.05) is 0 Å². The number of nitrogens with zero attached hydrogens (tertiary/aromatic N) is 4. The van der Waals surface area contributed by atoms with Crippen molar-refractivity contribution in [2.24, 2.45) is 0 Å². The summed E-state index contributed by atoms with van der Waals surface area (Å²) in [6.07, 6.45) is 6.12. The van der Waals surface area contributed by atoms with Crippen molar-refractivity contribution in [3.05, 3.63) is 59.1 Å². The zero-order valence-corrected chi connectivity index (χ0v) is 19.7. The molecule has 0 aliphatic carbocycles. The lowest BCUT2D eigenvalue weighted by atomic mass is 10.2. The third-order valence-electron chi connectivity index (χ3n) is 4.35. The molecule has 0 aromatic carbocycles. The molecule has 0 aliphatic heterocycles. The molecular weight excluding hydrogens is 482 g/mol. The maximum Gasteiger partial charge on any atom is 0.314 e. The summed E-state index contributed by atoms with van der Waals surface area (Å²) in [5, 5.41) is 7.73. The van der Waals surface area contributed by atoms with Gasteiger partial charge in [0.2, 0.25) is 5.91 Å². The molecule has 0 saturated heterocycles. The van der Waals surface area contributed by atoms with Crippen molar-refractivity contribution in [2.75, 3.05) is 26.0 Å². The van der Waals surface area contributed by atoms with Crippen molar-refractivity contribution in [3.8, 4) is 10.4 Å². The van der Waals surface area contributed by atoms with E-state index in [4.69, 9.17) is 11.6 Å². The van der Waals surface area contributed by atoms with Gasteiger partial charge >= 0.3 is 11.8 Å². The van der Waals surface area contributed by atoms with Crippen molar-refractivity contribution < 1.29 is 19.2 Å². The number of aromatic nitrogens is 3. The molecule has 34 heavy (non-hydrogen) atoms. The summed E-state index contributed by atoms with van der Waals surface area (Å²) in [5.74, 6) is -2.92. The Hall–Kier alpha value is -3.90. The lowest BCUT2D eigenvalue weighted by Crippen LogP contribution is -2.53. The van der Waals surface area contributed by atoms with E-state index < -0.39 is 29.7 Å². The number of amides is 4. The monoisotopic (exact) mass is 501 g/mol. The Morgan fingerprint density at radius 2 is 1.76 bits per heavy atom. The van der Waals surface area contributed by atoms with Crippen LogP contribution in [0.3, 0.4) is 0 Å². The Balaban J connectivity index is 1.63. The van der Waals surface area contributed by atoms with Crippen LogP contribution in [0.25, 0.3) is 10.4 Å². The Kier molecular flexibility index (Phi) is 8.22. The highest BCUT2D eigenvalue weighted by molar-refractivity contribution is 7.17. The van der Waals surface area contributed by atoms with E-state index in [-0.39, 0.29) is 17.4 Å². The van der Waals surface area contributed by atoms with E-state index in [1.165, 1.54) is 37.3 Å². The average Bonchev–Trinajstić information content (AvgIpc) is 3.33. The van der Waals surface area contributed by atoms with E-state index in [1.54, 1.807) is 30.7 Å². The van der Waals surface area contributed by atoms with E-state index >= 15 is 0 Å². The lowest BCUT2D eigenvalue weighted by Gasteiger charge is -2.21. The fraction of sp³-hybridized carbons (Fsp3) is 0.190. The summed E-state index contributed by atoms with van der Waals surface area (Å²) in [5.41, 5.74) is 0.848. The number of nitrogens with one attached hydrogen (secondary N) is 3. The Labute approximate surface area is 203 Å². The predicted molar refractivity (Wildman–Crippen MR) is 126 cm³/mol. The standard InChI is InChI=1S/C21H20ClN7O4S/c1-29(2)21(33)14(10-25-17(30)18(31)28-16-4-3-13(22)9-24-16)27-19(32)20-26-11-15(34-20)12-5-7-23-8-6-12/h3-9,11,14H,10H2,1-2H3,(H,25,30)(H,27,32)(H,24,28,31). The molecule has 176 valence electrons. The number of anilines is 1. The van der Waals surface area contributed by atoms with Gasteiger partial charge < -0.3 is 20.9 Å². The first kappa shape index (κ1) is 24.7. The van der Waals surface area contributed by atoms with Crippen LogP contribution >= 0.6 is 22.9 Å². The number of carbonyl (C=O) groups excluding carboxylic acids is 4. The molecule has 3 N–H and O–H groups in total. The largest absolute Gasteiger partial charge is 0.347 e. The van der Waals surface area contributed by atoms with Crippen LogP contribution in [0, 0.1) is 0 Å². The van der Waals surface area contributed by atoms with Crippen LogP contribution in [0.1, 0.15) is 9.80 Å². The lowest BCUT2D eigenvalue weighted by molar-refractivity contribution is -0.136. The Morgan fingerprint density at radius 1 is 1.03 bits per heavy atom. The number of pyridine rings is 2. The Morgan fingerprint density at radius 3 is 2.41 bits per heavy atom. The van der Waals surface area contributed by atoms with Crippen LogP contribution in [0.15, 0.2) is 49.1 Å². The molecule has 1 atom stereocenters. The molecular formula is C21H20ClN7O4S. The fourth-order valence-electron chi connectivity index (χ4n) is 2.66. The quantitative estimate of drug-likeness (QED) is 0.412. The second-order valence-corrected chi connectivity index (χ2v) is 8.52. The number of likely N-dealkylation sites (N-methyl/N-ethyl adjacent to an activating group) is 1. The van der Waals surface area contributed by atoms with Gasteiger partial charge in [0, 0.05) is 45.4 Å². The third kappa shape index (κ3) is 6.56. The number of hydrogen-bond donors (Lipinski definition) is 3. The van der Waals surface area contributed by atoms with Crippen LogP contribution < -0.4 is 16.0 Å². The summed E-state index contributed by atoms with van der Waals surface area (Å²) in [6.45, 7) is -0.314. The van der Waals surface area contributed by atoms with Crippen molar-refractivity contribution >= 4 is 52.4 Å². The minimum absolute atomic E-state index is 0.132. The minimum atomic E-state index is -1.12. The van der Waals surface area contributed by atoms with Crippen molar-refractivity contribution in [1.82, 2.24) is 30.5 Å². The summed E-state index contributed by atoms with van der Waals surface area (Å²) in [6, 6.07) is 5.38. The number of rotatable bonds is 7. The first-order valence-corrected chi connectivity index (χ1v) is 11.0. The summed E-state index contributed by atoms with van der Waals surface area (Å²) in [7, 11) is 3.01. The summed E-state index contributed by atoms with van der Waals surface area (Å²) in [4.78, 5) is 63.5. The van der Waals surface area contributed by atoms with Gasteiger partial charge in [0.1, 0.15) is 11.9 Å². The molecule has 3 aromatic rings. The molecule has 0 fully saturated rings. The molecule has 0 radical (unpaired) electrons. The topological polar surface area (TPSA) is 146 Å². The van der Waals surface area contributed by atoms with Crippen LogP contribution in [-0.4, -0.2) is 70.2 Å². The van der Waals surface area contributed by atoms with E-state index in [0.717, 1.165) is 21.8 Å². The van der Waals surface area contributed by atoms with Crippen LogP contribution in [0.5, 0.6) is 0 Å². The molecule has 11 nitrogen and oxygen atoms in total. The highest BCUT2D eigenvalue weighted by Crippen LogP contribution is 2.25. The smallest absolute Gasteiger partial charge is 0.314 e. The molecule has 0 bridgehead atoms. The molecule has 0 spiro atoms. The van der Waals surface area contributed by atoms with Crippen LogP contribution in [0.4, 0.5) is 5.82 Å². The highest BCUT2D eigenvalue weighted by atomic mass is 35.5. The van der Waals surface area contributed by atoms with Gasteiger partial charge in [-0.1, -0.05) is 11.6 Å². The number of thiazole rings is 1. The minimum Gasteiger partial charge on any atom is -0.347 e. The van der Waals surface area contributed by atoms with Crippen LogP contribution in [0.2, 0.25) is 5.02 Å². The Bertz CT molecular complexity index is 1190. The van der Waals surface area contributed by atoms with Crippen molar-refractivity contribution in [2.45, 2.75) is 6.04 Å². The highest BCUT2D eigenvalue weighted by Gasteiger charge is 2.26.